The number of nitrogens with one attached hydrogen (secondary N) is 1. The Kier molecular flexibility index (Phi) is 4.98. The van der Waals surface area contributed by atoms with Crippen LogP contribution >= 0.6 is 11.3 Å². The van der Waals surface area contributed by atoms with E-state index in [2.05, 4.69) is 5.32 Å². The maximum Gasteiger partial charge on any atom is 0.263 e. The molecule has 1 aliphatic carbocycles. The molecule has 0 spiro atoms. The fourth-order valence-corrected chi connectivity index (χ4v) is 5.33. The number of piperidine rings is 1. The maximum absolute atomic E-state index is 13.1. The van der Waals surface area contributed by atoms with E-state index in [0.717, 1.165) is 55.4 Å². The highest BCUT2D eigenvalue weighted by molar-refractivity contribution is 7.18. The van der Waals surface area contributed by atoms with Crippen LogP contribution in [0.25, 0.3) is 10.2 Å². The van der Waals surface area contributed by atoms with Crippen molar-refractivity contribution < 1.29 is 4.79 Å². The lowest BCUT2D eigenvalue weighted by Crippen LogP contribution is -2.39. The lowest BCUT2D eigenvalue weighted by molar-refractivity contribution is -0.130. The Bertz CT molecular complexity index is 880. The molecule has 0 atom stereocenters. The average Bonchev–Trinajstić information content (AvgIpc) is 3.05. The molecule has 1 N–H and O–H groups in total. The zero-order valence-corrected chi connectivity index (χ0v) is 16.2. The number of thiophene rings is 1. The molecule has 1 aliphatic heterocycles. The molecule has 6 nitrogen and oxygen atoms in total. The van der Waals surface area contributed by atoms with Gasteiger partial charge in [-0.15, -0.1) is 11.3 Å². The summed E-state index contributed by atoms with van der Waals surface area (Å²) in [6.45, 7) is 4.37. The third-order valence-electron chi connectivity index (χ3n) is 5.50. The number of aryl methyl sites for hydroxylation is 2. The minimum Gasteiger partial charge on any atom is -0.346 e. The molecule has 0 aromatic carbocycles. The Morgan fingerprint density at radius 1 is 1.15 bits per heavy atom. The molecule has 0 unspecified atom stereocenters. The summed E-state index contributed by atoms with van der Waals surface area (Å²) in [5.41, 5.74) is 1.25. The first-order valence-electron chi connectivity index (χ1n) is 9.75. The molecule has 0 bridgehead atoms. The van der Waals surface area contributed by atoms with Gasteiger partial charge in [0, 0.05) is 24.5 Å². The number of anilines is 1. The second kappa shape index (κ2) is 7.39. The minimum absolute atomic E-state index is 0.0322. The minimum atomic E-state index is 0.0322. The Hall–Kier alpha value is -1.89. The highest BCUT2D eigenvalue weighted by atomic mass is 32.1. The zero-order valence-electron chi connectivity index (χ0n) is 15.3. The van der Waals surface area contributed by atoms with Crippen LogP contribution in [0.4, 0.5) is 5.95 Å². The number of rotatable bonds is 4. The quantitative estimate of drug-likeness (QED) is 0.894. The molecule has 2 aromatic rings. The highest BCUT2D eigenvalue weighted by Crippen LogP contribution is 2.34. The number of amides is 1. The molecule has 1 amide bonds. The van der Waals surface area contributed by atoms with Gasteiger partial charge in [0.15, 0.2) is 0 Å². The molecule has 140 valence electrons. The van der Waals surface area contributed by atoms with E-state index in [1.807, 2.05) is 11.8 Å². The Labute approximate surface area is 157 Å². The van der Waals surface area contributed by atoms with Crippen molar-refractivity contribution in [3.05, 3.63) is 20.8 Å². The van der Waals surface area contributed by atoms with Crippen molar-refractivity contribution in [3.63, 3.8) is 0 Å². The van der Waals surface area contributed by atoms with Gasteiger partial charge in [-0.2, -0.15) is 0 Å². The van der Waals surface area contributed by atoms with E-state index in [1.165, 1.54) is 23.3 Å². The molecule has 3 heterocycles. The molecular formula is C19H26N4O2S. The molecule has 2 aliphatic rings. The number of hydrogen-bond acceptors (Lipinski definition) is 5. The topological polar surface area (TPSA) is 67.2 Å². The molecule has 1 saturated heterocycles. The van der Waals surface area contributed by atoms with Crippen molar-refractivity contribution >= 4 is 33.4 Å². The van der Waals surface area contributed by atoms with Gasteiger partial charge < -0.3 is 10.2 Å². The van der Waals surface area contributed by atoms with Crippen molar-refractivity contribution in [2.24, 2.45) is 0 Å². The second-order valence-corrected chi connectivity index (χ2v) is 8.25. The fraction of sp³-hybridized carbons (Fsp3) is 0.632. The summed E-state index contributed by atoms with van der Waals surface area (Å²) in [6, 6.07) is 0. The third-order valence-corrected chi connectivity index (χ3v) is 6.68. The van der Waals surface area contributed by atoms with Crippen LogP contribution in [0.15, 0.2) is 4.79 Å². The van der Waals surface area contributed by atoms with E-state index < -0.39 is 0 Å². The van der Waals surface area contributed by atoms with Crippen LogP contribution in [0.3, 0.4) is 0 Å². The van der Waals surface area contributed by atoms with Crippen LogP contribution in [0.1, 0.15) is 49.5 Å². The number of nitrogens with zero attached hydrogens (tertiary/aromatic N) is 3. The molecular weight excluding hydrogens is 348 g/mol. The van der Waals surface area contributed by atoms with E-state index in [4.69, 9.17) is 4.98 Å². The van der Waals surface area contributed by atoms with Gasteiger partial charge in [-0.1, -0.05) is 0 Å². The lowest BCUT2D eigenvalue weighted by atomic mass is 9.97. The van der Waals surface area contributed by atoms with Crippen LogP contribution in [-0.4, -0.2) is 40.0 Å². The first-order valence-corrected chi connectivity index (χ1v) is 10.6. The van der Waals surface area contributed by atoms with Crippen LogP contribution in [0.2, 0.25) is 0 Å². The first-order chi connectivity index (χ1) is 12.7. The summed E-state index contributed by atoms with van der Waals surface area (Å²) in [7, 11) is 0. The van der Waals surface area contributed by atoms with Crippen molar-refractivity contribution in [1.29, 1.82) is 0 Å². The molecule has 7 heteroatoms. The van der Waals surface area contributed by atoms with E-state index in [0.29, 0.717) is 12.5 Å². The maximum atomic E-state index is 13.1. The van der Waals surface area contributed by atoms with Gasteiger partial charge in [0.05, 0.1) is 11.9 Å². The van der Waals surface area contributed by atoms with Gasteiger partial charge in [0.1, 0.15) is 4.83 Å². The van der Waals surface area contributed by atoms with Crippen molar-refractivity contribution in [1.82, 2.24) is 14.5 Å². The third kappa shape index (κ3) is 3.13. The average molecular weight is 375 g/mol. The highest BCUT2D eigenvalue weighted by Gasteiger charge is 2.22. The summed E-state index contributed by atoms with van der Waals surface area (Å²) in [6.07, 6.45) is 7.74. The van der Waals surface area contributed by atoms with Crippen LogP contribution in [-0.2, 0) is 24.2 Å². The summed E-state index contributed by atoms with van der Waals surface area (Å²) < 4.78 is 1.67. The summed E-state index contributed by atoms with van der Waals surface area (Å²) in [5.74, 6) is 0.612. The fourth-order valence-electron chi connectivity index (χ4n) is 4.08. The smallest absolute Gasteiger partial charge is 0.263 e. The van der Waals surface area contributed by atoms with Gasteiger partial charge in [0.25, 0.3) is 5.56 Å². The molecule has 2 aromatic heterocycles. The lowest BCUT2D eigenvalue weighted by Gasteiger charge is -2.27. The number of hydrogen-bond donors (Lipinski definition) is 1. The predicted octanol–water partition coefficient (Wildman–Crippen LogP) is 2.78. The molecule has 4 rings (SSSR count). The van der Waals surface area contributed by atoms with Crippen molar-refractivity contribution in [2.75, 3.05) is 25.0 Å². The van der Waals surface area contributed by atoms with Gasteiger partial charge in [0.2, 0.25) is 11.9 Å². The molecule has 1 fully saturated rings. The van der Waals surface area contributed by atoms with Gasteiger partial charge in [-0.3, -0.25) is 14.2 Å². The van der Waals surface area contributed by atoms with Gasteiger partial charge in [-0.05, 0) is 57.4 Å². The second-order valence-electron chi connectivity index (χ2n) is 7.17. The van der Waals surface area contributed by atoms with E-state index in [-0.39, 0.29) is 18.0 Å². The standard InChI is InChI=1S/C19H26N4O2S/c1-2-23-18(25)16-13-8-4-5-9-14(13)26-17(16)21-19(23)20-12-15(24)22-10-6-3-7-11-22/h2-12H2,1H3,(H,20,21). The van der Waals surface area contributed by atoms with Gasteiger partial charge >= 0.3 is 0 Å². The monoisotopic (exact) mass is 374 g/mol. The Morgan fingerprint density at radius 3 is 2.69 bits per heavy atom. The number of carbonyl (C=O) groups is 1. The van der Waals surface area contributed by atoms with Crippen LogP contribution in [0.5, 0.6) is 0 Å². The van der Waals surface area contributed by atoms with Crippen molar-refractivity contribution in [3.8, 4) is 0 Å². The summed E-state index contributed by atoms with van der Waals surface area (Å²) >= 11 is 1.65. The van der Waals surface area contributed by atoms with E-state index in [1.54, 1.807) is 15.9 Å². The molecule has 26 heavy (non-hydrogen) atoms. The summed E-state index contributed by atoms with van der Waals surface area (Å²) in [5, 5.41) is 3.95. The Balaban J connectivity index is 1.62. The zero-order chi connectivity index (χ0) is 18.1. The largest absolute Gasteiger partial charge is 0.346 e. The molecule has 0 saturated carbocycles. The molecule has 0 radical (unpaired) electrons. The number of fused-ring (bicyclic) bond motifs is 3. The Morgan fingerprint density at radius 2 is 1.92 bits per heavy atom. The number of carbonyl (C=O) groups excluding carboxylic acids is 1. The SMILES string of the molecule is CCn1c(NCC(=O)N2CCCCC2)nc2sc3c(c2c1=O)CCCC3. The van der Waals surface area contributed by atoms with Gasteiger partial charge in [-0.25, -0.2) is 4.98 Å². The predicted molar refractivity (Wildman–Crippen MR) is 105 cm³/mol. The van der Waals surface area contributed by atoms with Crippen molar-refractivity contribution in [2.45, 2.75) is 58.4 Å². The summed E-state index contributed by atoms with van der Waals surface area (Å²) in [4.78, 5) is 34.3. The van der Waals surface area contributed by atoms with Crippen LogP contribution < -0.4 is 10.9 Å². The number of aromatic nitrogens is 2. The number of likely N-dealkylation sites (tertiary alicyclic amines) is 1. The van der Waals surface area contributed by atoms with Crippen LogP contribution in [0, 0.1) is 0 Å². The van der Waals surface area contributed by atoms with E-state index in [9.17, 15) is 9.59 Å². The van der Waals surface area contributed by atoms with E-state index >= 15 is 0 Å². The normalized spacial score (nSPS) is 17.3. The first kappa shape index (κ1) is 17.5.